The molecule has 0 unspecified atom stereocenters. The zero-order valence-corrected chi connectivity index (χ0v) is 19.6. The molecule has 2 aromatic heterocycles. The topological polar surface area (TPSA) is 62.2 Å². The number of aromatic nitrogens is 2. The fraction of sp³-hybridized carbons (Fsp3) is 0.346. The lowest BCUT2D eigenvalue weighted by Crippen LogP contribution is -2.31. The molecule has 7 heteroatoms. The molecule has 6 nitrogen and oxygen atoms in total. The molecule has 2 N–H and O–H groups in total. The van der Waals surface area contributed by atoms with E-state index in [-0.39, 0.29) is 18.0 Å². The highest BCUT2D eigenvalue weighted by Gasteiger charge is 2.42. The van der Waals surface area contributed by atoms with Gasteiger partial charge in [-0.05, 0) is 73.6 Å². The van der Waals surface area contributed by atoms with E-state index in [0.717, 1.165) is 17.1 Å². The SMILES string of the molecule is CC(=O)Nc1ccc(N2C(=S)N[C@H](c3ccccn3)[C@H]2c2cccn2C2CCCCC2)cc1. The molecule has 0 spiro atoms. The van der Waals surface area contributed by atoms with Gasteiger partial charge in [-0.25, -0.2) is 0 Å². The van der Waals surface area contributed by atoms with Gasteiger partial charge in [-0.3, -0.25) is 9.78 Å². The van der Waals surface area contributed by atoms with Gasteiger partial charge >= 0.3 is 0 Å². The molecule has 1 aromatic carbocycles. The predicted octanol–water partition coefficient (Wildman–Crippen LogP) is 5.52. The molecule has 0 radical (unpaired) electrons. The van der Waals surface area contributed by atoms with Gasteiger partial charge in [-0.1, -0.05) is 25.3 Å². The van der Waals surface area contributed by atoms with Gasteiger partial charge in [-0.15, -0.1) is 0 Å². The van der Waals surface area contributed by atoms with Gasteiger partial charge in [-0.2, -0.15) is 0 Å². The van der Waals surface area contributed by atoms with Crippen molar-refractivity contribution in [3.8, 4) is 0 Å². The van der Waals surface area contributed by atoms with Crippen LogP contribution in [-0.4, -0.2) is 20.6 Å². The third-order valence-corrected chi connectivity index (χ3v) is 6.96. The molecule has 3 aromatic rings. The number of rotatable bonds is 5. The maximum absolute atomic E-state index is 11.4. The van der Waals surface area contributed by atoms with Crippen molar-refractivity contribution in [1.29, 1.82) is 0 Å². The van der Waals surface area contributed by atoms with Crippen LogP contribution in [-0.2, 0) is 4.79 Å². The fourth-order valence-electron chi connectivity index (χ4n) is 5.19. The molecule has 3 heterocycles. The first-order chi connectivity index (χ1) is 16.1. The highest BCUT2D eigenvalue weighted by molar-refractivity contribution is 7.80. The van der Waals surface area contributed by atoms with Gasteiger partial charge in [0, 0.05) is 42.4 Å². The Morgan fingerprint density at radius 1 is 1.06 bits per heavy atom. The first-order valence-electron chi connectivity index (χ1n) is 11.7. The van der Waals surface area contributed by atoms with E-state index in [1.165, 1.54) is 44.7 Å². The van der Waals surface area contributed by atoms with Gasteiger partial charge in [0.05, 0.1) is 11.7 Å². The molecular weight excluding hydrogens is 430 g/mol. The van der Waals surface area contributed by atoms with E-state index < -0.39 is 0 Å². The Bertz CT molecular complexity index is 1120. The molecule has 0 bridgehead atoms. The average molecular weight is 460 g/mol. The van der Waals surface area contributed by atoms with Crippen molar-refractivity contribution >= 4 is 34.6 Å². The first-order valence-corrected chi connectivity index (χ1v) is 12.1. The lowest BCUT2D eigenvalue weighted by atomic mass is 9.94. The summed E-state index contributed by atoms with van der Waals surface area (Å²) in [6.07, 6.45) is 10.4. The van der Waals surface area contributed by atoms with Crippen molar-refractivity contribution in [2.45, 2.75) is 57.2 Å². The molecule has 1 amide bonds. The zero-order chi connectivity index (χ0) is 22.8. The van der Waals surface area contributed by atoms with Crippen LogP contribution in [0.3, 0.4) is 0 Å². The van der Waals surface area contributed by atoms with E-state index in [2.05, 4.69) is 49.5 Å². The van der Waals surface area contributed by atoms with Crippen LogP contribution >= 0.6 is 12.2 Å². The summed E-state index contributed by atoms with van der Waals surface area (Å²) in [4.78, 5) is 18.3. The number of amides is 1. The van der Waals surface area contributed by atoms with Crippen LogP contribution in [0.1, 0.15) is 68.5 Å². The van der Waals surface area contributed by atoms with Crippen molar-refractivity contribution in [3.05, 3.63) is 78.4 Å². The van der Waals surface area contributed by atoms with Gasteiger partial charge in [0.2, 0.25) is 5.91 Å². The maximum Gasteiger partial charge on any atom is 0.221 e. The van der Waals surface area contributed by atoms with Crippen molar-refractivity contribution < 1.29 is 4.79 Å². The summed E-state index contributed by atoms with van der Waals surface area (Å²) in [5.74, 6) is -0.0838. The minimum absolute atomic E-state index is 0.0315. The van der Waals surface area contributed by atoms with E-state index in [0.29, 0.717) is 11.2 Å². The summed E-state index contributed by atoms with van der Waals surface area (Å²) in [6, 6.07) is 18.7. The highest BCUT2D eigenvalue weighted by Crippen LogP contribution is 2.43. The number of hydrogen-bond donors (Lipinski definition) is 2. The maximum atomic E-state index is 11.4. The lowest BCUT2D eigenvalue weighted by Gasteiger charge is -2.32. The number of nitrogens with one attached hydrogen (secondary N) is 2. The lowest BCUT2D eigenvalue weighted by molar-refractivity contribution is -0.114. The summed E-state index contributed by atoms with van der Waals surface area (Å²) >= 11 is 5.86. The molecule has 1 aliphatic carbocycles. The minimum Gasteiger partial charge on any atom is -0.351 e. The van der Waals surface area contributed by atoms with E-state index in [4.69, 9.17) is 12.2 Å². The number of carbonyl (C=O) groups excluding carboxylic acids is 1. The van der Waals surface area contributed by atoms with Crippen LogP contribution in [0, 0.1) is 0 Å². The molecule has 1 aliphatic heterocycles. The number of thiocarbonyl (C=S) groups is 1. The molecule has 2 atom stereocenters. The number of benzene rings is 1. The van der Waals surface area contributed by atoms with Crippen LogP contribution in [0.25, 0.3) is 0 Å². The van der Waals surface area contributed by atoms with E-state index >= 15 is 0 Å². The van der Waals surface area contributed by atoms with Crippen LogP contribution in [0.5, 0.6) is 0 Å². The second kappa shape index (κ2) is 9.35. The quantitative estimate of drug-likeness (QED) is 0.492. The van der Waals surface area contributed by atoms with Crippen LogP contribution in [0.2, 0.25) is 0 Å². The number of hydrogen-bond acceptors (Lipinski definition) is 3. The van der Waals surface area contributed by atoms with Crippen LogP contribution in [0.4, 0.5) is 11.4 Å². The minimum atomic E-state index is -0.0838. The normalized spacial score (nSPS) is 21.1. The Morgan fingerprint density at radius 3 is 2.55 bits per heavy atom. The summed E-state index contributed by atoms with van der Waals surface area (Å²) in [6.45, 7) is 1.51. The Kier molecular flexibility index (Phi) is 6.13. The Labute approximate surface area is 200 Å². The number of pyridine rings is 1. The fourth-order valence-corrected chi connectivity index (χ4v) is 5.54. The molecule has 1 saturated carbocycles. The van der Waals surface area contributed by atoms with Crippen molar-refractivity contribution in [3.63, 3.8) is 0 Å². The summed E-state index contributed by atoms with van der Waals surface area (Å²) in [5.41, 5.74) is 3.98. The average Bonchev–Trinajstić information content (AvgIpc) is 3.45. The smallest absolute Gasteiger partial charge is 0.221 e. The summed E-state index contributed by atoms with van der Waals surface area (Å²) in [5, 5.41) is 7.07. The van der Waals surface area contributed by atoms with Gasteiger partial charge < -0.3 is 20.1 Å². The molecule has 33 heavy (non-hydrogen) atoms. The second-order valence-corrected chi connectivity index (χ2v) is 9.24. The van der Waals surface area contributed by atoms with Crippen molar-refractivity contribution in [2.24, 2.45) is 0 Å². The van der Waals surface area contributed by atoms with E-state index in [9.17, 15) is 4.79 Å². The molecule has 2 aliphatic rings. The largest absolute Gasteiger partial charge is 0.351 e. The molecule has 170 valence electrons. The van der Waals surface area contributed by atoms with Gasteiger partial charge in [0.1, 0.15) is 6.04 Å². The van der Waals surface area contributed by atoms with Crippen molar-refractivity contribution in [1.82, 2.24) is 14.9 Å². The van der Waals surface area contributed by atoms with Crippen LogP contribution in [0.15, 0.2) is 67.0 Å². The van der Waals surface area contributed by atoms with Crippen LogP contribution < -0.4 is 15.5 Å². The molecule has 2 fully saturated rings. The first kappa shape index (κ1) is 21.6. The Morgan fingerprint density at radius 2 is 1.85 bits per heavy atom. The molecular formula is C26H29N5OS. The summed E-state index contributed by atoms with van der Waals surface area (Å²) in [7, 11) is 0. The van der Waals surface area contributed by atoms with Gasteiger partial charge in [0.25, 0.3) is 0 Å². The number of carbonyl (C=O) groups is 1. The predicted molar refractivity (Wildman–Crippen MR) is 135 cm³/mol. The molecule has 1 saturated heterocycles. The Hall–Kier alpha value is -3.19. The van der Waals surface area contributed by atoms with Crippen molar-refractivity contribution in [2.75, 3.05) is 10.2 Å². The standard InChI is InChI=1S/C26H29N5OS/c1-18(32)28-19-12-14-21(15-13-19)31-25(24(29-26(31)33)22-10-5-6-16-27-22)23-11-7-17-30(23)20-8-3-2-4-9-20/h5-7,10-17,20,24-25H,2-4,8-9H2,1H3,(H,28,32)(H,29,33)/t24-,25-/m1/s1. The van der Waals surface area contributed by atoms with Gasteiger partial charge in [0.15, 0.2) is 5.11 Å². The molecule has 5 rings (SSSR count). The second-order valence-electron chi connectivity index (χ2n) is 8.86. The monoisotopic (exact) mass is 459 g/mol. The van der Waals surface area contributed by atoms with E-state index in [1.54, 1.807) is 0 Å². The number of nitrogens with zero attached hydrogens (tertiary/aromatic N) is 3. The van der Waals surface area contributed by atoms with E-state index in [1.807, 2.05) is 42.6 Å². The third kappa shape index (κ3) is 4.37. The third-order valence-electron chi connectivity index (χ3n) is 6.65. The number of anilines is 2. The zero-order valence-electron chi connectivity index (χ0n) is 18.8. The highest BCUT2D eigenvalue weighted by atomic mass is 32.1. The Balaban J connectivity index is 1.56. The summed E-state index contributed by atoms with van der Waals surface area (Å²) < 4.78 is 2.47.